The molecule has 2 heterocycles. The number of carbonyl (C=O) groups excluding carboxylic acids is 1. The zero-order valence-corrected chi connectivity index (χ0v) is 12.6. The zero-order chi connectivity index (χ0) is 14.8. The second-order valence-electron chi connectivity index (χ2n) is 5.66. The van der Waals surface area contributed by atoms with Crippen LogP contribution in [0.3, 0.4) is 0 Å². The van der Waals surface area contributed by atoms with Gasteiger partial charge in [0, 0.05) is 13.1 Å². The molecule has 1 fully saturated rings. The Morgan fingerprint density at radius 1 is 1.24 bits per heavy atom. The van der Waals surface area contributed by atoms with Gasteiger partial charge in [0.2, 0.25) is 5.91 Å². The molecule has 2 atom stereocenters. The summed E-state index contributed by atoms with van der Waals surface area (Å²) in [5, 5.41) is 9.46. The number of thioether (sulfide) groups is 1. The van der Waals surface area contributed by atoms with Gasteiger partial charge in [-0.05, 0) is 29.7 Å². The molecule has 1 aromatic rings. The van der Waals surface area contributed by atoms with E-state index in [-0.39, 0.29) is 11.2 Å². The molecule has 0 spiro atoms. The first-order valence-electron chi connectivity index (χ1n) is 7.38. The number of nitrogens with zero attached hydrogens (tertiary/aromatic N) is 1. The molecular weight excluding hydrogens is 286 g/mol. The van der Waals surface area contributed by atoms with Crippen molar-refractivity contribution >= 4 is 23.6 Å². The van der Waals surface area contributed by atoms with Gasteiger partial charge in [-0.15, -0.1) is 11.8 Å². The van der Waals surface area contributed by atoms with Crippen molar-refractivity contribution in [2.75, 3.05) is 12.3 Å². The molecule has 21 heavy (non-hydrogen) atoms. The Bertz CT molecular complexity index is 554. The second kappa shape index (κ2) is 6.10. The summed E-state index contributed by atoms with van der Waals surface area (Å²) in [6.45, 7) is 0.831. The number of hydrogen-bond acceptors (Lipinski definition) is 3. The van der Waals surface area contributed by atoms with E-state index in [1.54, 1.807) is 16.7 Å². The summed E-state index contributed by atoms with van der Waals surface area (Å²) in [7, 11) is 0. The number of benzene rings is 1. The van der Waals surface area contributed by atoms with Crippen molar-refractivity contribution in [3.63, 3.8) is 0 Å². The van der Waals surface area contributed by atoms with E-state index in [4.69, 9.17) is 0 Å². The fourth-order valence-electron chi connectivity index (χ4n) is 3.13. The van der Waals surface area contributed by atoms with Crippen molar-refractivity contribution in [1.82, 2.24) is 4.90 Å². The minimum Gasteiger partial charge on any atom is -0.481 e. The third-order valence-corrected chi connectivity index (χ3v) is 5.62. The van der Waals surface area contributed by atoms with Gasteiger partial charge in [-0.25, -0.2) is 0 Å². The number of amides is 1. The predicted octanol–water partition coefficient (Wildman–Crippen LogP) is 2.48. The molecule has 1 amide bonds. The van der Waals surface area contributed by atoms with E-state index in [0.717, 1.165) is 29.7 Å². The molecule has 0 radical (unpaired) electrons. The van der Waals surface area contributed by atoms with Gasteiger partial charge in [0.15, 0.2) is 0 Å². The van der Waals surface area contributed by atoms with Crippen LogP contribution in [0.1, 0.15) is 36.3 Å². The van der Waals surface area contributed by atoms with Crippen LogP contribution in [-0.4, -0.2) is 39.4 Å². The maximum atomic E-state index is 12.6. The van der Waals surface area contributed by atoms with Crippen LogP contribution in [0, 0.1) is 0 Å². The second-order valence-corrected chi connectivity index (χ2v) is 6.97. The monoisotopic (exact) mass is 305 g/mol. The molecule has 2 aliphatic rings. The van der Waals surface area contributed by atoms with Crippen LogP contribution < -0.4 is 0 Å². The highest BCUT2D eigenvalue weighted by atomic mass is 32.2. The minimum atomic E-state index is -0.851. The van der Waals surface area contributed by atoms with Crippen LogP contribution in [0.2, 0.25) is 0 Å². The van der Waals surface area contributed by atoms with E-state index in [1.165, 1.54) is 6.42 Å². The van der Waals surface area contributed by atoms with E-state index in [9.17, 15) is 14.7 Å². The van der Waals surface area contributed by atoms with Crippen molar-refractivity contribution in [2.24, 2.45) is 0 Å². The van der Waals surface area contributed by atoms with Gasteiger partial charge in [-0.1, -0.05) is 30.7 Å². The first-order valence-corrected chi connectivity index (χ1v) is 8.42. The van der Waals surface area contributed by atoms with Gasteiger partial charge >= 0.3 is 5.97 Å². The van der Waals surface area contributed by atoms with Crippen LogP contribution in [0.15, 0.2) is 24.3 Å². The Balaban J connectivity index is 1.82. The number of rotatable bonds is 2. The summed E-state index contributed by atoms with van der Waals surface area (Å²) >= 11 is 1.72. The fraction of sp³-hybridized carbons (Fsp3) is 0.500. The van der Waals surface area contributed by atoms with Crippen LogP contribution in [0.5, 0.6) is 0 Å². The van der Waals surface area contributed by atoms with Crippen LogP contribution in [0.25, 0.3) is 0 Å². The standard InChI is InChI=1S/C16H19NO3S/c18-15(14-7-3-4-8-21-14)17-9-11-5-1-2-6-12(11)13(10-17)16(19)20/h1-2,5-6,13-14H,3-4,7-10H2,(H,19,20). The Morgan fingerprint density at radius 3 is 2.76 bits per heavy atom. The number of carboxylic acid groups (broad SMARTS) is 1. The van der Waals surface area contributed by atoms with Gasteiger partial charge < -0.3 is 10.0 Å². The molecular formula is C16H19NO3S. The van der Waals surface area contributed by atoms with E-state index in [1.807, 2.05) is 24.3 Å². The molecule has 4 nitrogen and oxygen atoms in total. The van der Waals surface area contributed by atoms with Crippen molar-refractivity contribution < 1.29 is 14.7 Å². The number of fused-ring (bicyclic) bond motifs is 1. The average molecular weight is 305 g/mol. The molecule has 1 N–H and O–H groups in total. The summed E-state index contributed by atoms with van der Waals surface area (Å²) in [5.41, 5.74) is 1.82. The Labute approximate surface area is 128 Å². The van der Waals surface area contributed by atoms with E-state index in [2.05, 4.69) is 0 Å². The normalized spacial score (nSPS) is 25.2. The Morgan fingerprint density at radius 2 is 2.05 bits per heavy atom. The lowest BCUT2D eigenvalue weighted by Crippen LogP contribution is -2.44. The molecule has 112 valence electrons. The minimum absolute atomic E-state index is 0.0125. The van der Waals surface area contributed by atoms with Gasteiger partial charge in [0.1, 0.15) is 0 Å². The van der Waals surface area contributed by atoms with Crippen LogP contribution in [-0.2, 0) is 16.1 Å². The Hall–Kier alpha value is -1.49. The van der Waals surface area contributed by atoms with Crippen molar-refractivity contribution in [3.8, 4) is 0 Å². The maximum Gasteiger partial charge on any atom is 0.312 e. The van der Waals surface area contributed by atoms with Crippen LogP contribution >= 0.6 is 11.8 Å². The van der Waals surface area contributed by atoms with Gasteiger partial charge in [0.25, 0.3) is 0 Å². The van der Waals surface area contributed by atoms with E-state index in [0.29, 0.717) is 13.1 Å². The highest BCUT2D eigenvalue weighted by molar-refractivity contribution is 8.00. The highest BCUT2D eigenvalue weighted by Crippen LogP contribution is 2.32. The summed E-state index contributed by atoms with van der Waals surface area (Å²) in [6, 6.07) is 7.56. The van der Waals surface area contributed by atoms with Gasteiger partial charge in [-0.2, -0.15) is 0 Å². The molecule has 0 aliphatic carbocycles. The molecule has 0 saturated carbocycles. The topological polar surface area (TPSA) is 57.6 Å². The molecule has 3 rings (SSSR count). The lowest BCUT2D eigenvalue weighted by atomic mass is 9.89. The van der Waals surface area contributed by atoms with E-state index >= 15 is 0 Å². The van der Waals surface area contributed by atoms with Crippen molar-refractivity contribution in [2.45, 2.75) is 37.0 Å². The summed E-state index contributed by atoms with van der Waals surface area (Å²) in [5.74, 6) is -0.312. The number of carboxylic acids is 1. The smallest absolute Gasteiger partial charge is 0.312 e. The summed E-state index contributed by atoms with van der Waals surface area (Å²) < 4.78 is 0. The SMILES string of the molecule is O=C(O)C1CN(C(=O)C2CCCCS2)Cc2ccccc21. The quantitative estimate of drug-likeness (QED) is 0.912. The highest BCUT2D eigenvalue weighted by Gasteiger charge is 2.35. The predicted molar refractivity (Wildman–Crippen MR) is 82.3 cm³/mol. The third kappa shape index (κ3) is 2.93. The number of hydrogen-bond donors (Lipinski definition) is 1. The zero-order valence-electron chi connectivity index (χ0n) is 11.8. The Kier molecular flexibility index (Phi) is 4.19. The molecule has 0 aromatic heterocycles. The lowest BCUT2D eigenvalue weighted by Gasteiger charge is -2.35. The number of aliphatic carboxylic acids is 1. The van der Waals surface area contributed by atoms with Gasteiger partial charge in [-0.3, -0.25) is 9.59 Å². The lowest BCUT2D eigenvalue weighted by molar-refractivity contribution is -0.141. The number of carbonyl (C=O) groups is 2. The average Bonchev–Trinajstić information content (AvgIpc) is 2.53. The molecule has 1 aromatic carbocycles. The maximum absolute atomic E-state index is 12.6. The first kappa shape index (κ1) is 14.4. The molecule has 5 heteroatoms. The molecule has 2 unspecified atom stereocenters. The summed E-state index contributed by atoms with van der Waals surface area (Å²) in [4.78, 5) is 25.9. The molecule has 0 bridgehead atoms. The van der Waals surface area contributed by atoms with E-state index < -0.39 is 11.9 Å². The van der Waals surface area contributed by atoms with Crippen molar-refractivity contribution in [1.29, 1.82) is 0 Å². The largest absolute Gasteiger partial charge is 0.481 e. The first-order chi connectivity index (χ1) is 10.2. The molecule has 1 saturated heterocycles. The van der Waals surface area contributed by atoms with Crippen LogP contribution in [0.4, 0.5) is 0 Å². The van der Waals surface area contributed by atoms with Crippen molar-refractivity contribution in [3.05, 3.63) is 35.4 Å². The van der Waals surface area contributed by atoms with Gasteiger partial charge in [0.05, 0.1) is 11.2 Å². The third-order valence-electron chi connectivity index (χ3n) is 4.26. The fourth-order valence-corrected chi connectivity index (χ4v) is 4.41. The molecule has 2 aliphatic heterocycles. The summed E-state index contributed by atoms with van der Waals surface area (Å²) in [6.07, 6.45) is 3.19.